The molecule has 29 heavy (non-hydrogen) atoms. The van der Waals surface area contributed by atoms with Gasteiger partial charge in [0.15, 0.2) is 11.2 Å². The Morgan fingerprint density at radius 1 is 1.14 bits per heavy atom. The molecule has 0 saturated carbocycles. The van der Waals surface area contributed by atoms with Crippen molar-refractivity contribution in [3.05, 3.63) is 51.9 Å². The van der Waals surface area contributed by atoms with E-state index in [0.29, 0.717) is 30.2 Å². The molecule has 0 atom stereocenters. The normalized spacial score (nSPS) is 14.6. The summed E-state index contributed by atoms with van der Waals surface area (Å²) in [6, 6.07) is 7.19. The summed E-state index contributed by atoms with van der Waals surface area (Å²) >= 11 is 0. The highest BCUT2D eigenvalue weighted by Gasteiger charge is 2.18. The largest absolute Gasteiger partial charge is 0.445 e. The quantitative estimate of drug-likeness (QED) is 0.722. The number of hydrogen-bond donors (Lipinski definition) is 2. The lowest BCUT2D eigenvalue weighted by Gasteiger charge is -2.12. The predicted molar refractivity (Wildman–Crippen MR) is 111 cm³/mol. The van der Waals surface area contributed by atoms with Crippen molar-refractivity contribution in [3.63, 3.8) is 0 Å². The number of amidine groups is 1. The van der Waals surface area contributed by atoms with Gasteiger partial charge >= 0.3 is 0 Å². The molecular formula is C20H23N3O5S. The molecule has 8 nitrogen and oxygen atoms in total. The Labute approximate surface area is 169 Å². The van der Waals surface area contributed by atoms with Gasteiger partial charge in [0.1, 0.15) is 17.2 Å². The molecule has 0 amide bonds. The summed E-state index contributed by atoms with van der Waals surface area (Å²) in [5.74, 6) is 0.449. The third-order valence-corrected chi connectivity index (χ3v) is 5.87. The highest BCUT2D eigenvalue weighted by Crippen LogP contribution is 2.22. The lowest BCUT2D eigenvalue weighted by atomic mass is 10.1. The third-order valence-electron chi connectivity index (χ3n) is 4.47. The first kappa shape index (κ1) is 20.8. The molecule has 0 saturated heterocycles. The molecular weight excluding hydrogens is 394 g/mol. The first-order valence-corrected chi connectivity index (χ1v) is 10.8. The van der Waals surface area contributed by atoms with E-state index in [1.807, 2.05) is 0 Å². The number of rotatable bonds is 5. The molecule has 3 rings (SSSR count). The molecule has 0 fully saturated rings. The third kappa shape index (κ3) is 5.11. The minimum Gasteiger partial charge on any atom is -0.445 e. The van der Waals surface area contributed by atoms with Crippen LogP contribution in [0.3, 0.4) is 0 Å². The molecule has 0 unspecified atom stereocenters. The first-order valence-electron chi connectivity index (χ1n) is 9.35. The zero-order chi connectivity index (χ0) is 21.0. The van der Waals surface area contributed by atoms with Gasteiger partial charge in [0.05, 0.1) is 4.90 Å². The van der Waals surface area contributed by atoms with Crippen molar-refractivity contribution >= 4 is 33.2 Å². The van der Waals surface area contributed by atoms with E-state index in [9.17, 15) is 18.0 Å². The topological polar surface area (TPSA) is 118 Å². The molecule has 2 heterocycles. The van der Waals surface area contributed by atoms with Crippen molar-refractivity contribution in [1.29, 1.82) is 0 Å². The van der Waals surface area contributed by atoms with Crippen LogP contribution < -0.4 is 15.5 Å². The fourth-order valence-corrected chi connectivity index (χ4v) is 4.14. The second-order valence-electron chi connectivity index (χ2n) is 6.88. The molecule has 2 aromatic rings. The number of nitrogens with one attached hydrogen (secondary N) is 2. The van der Waals surface area contributed by atoms with Gasteiger partial charge in [0.25, 0.3) is 10.0 Å². The van der Waals surface area contributed by atoms with Gasteiger partial charge in [-0.3, -0.25) is 19.3 Å². The van der Waals surface area contributed by atoms with Crippen LogP contribution >= 0.6 is 0 Å². The van der Waals surface area contributed by atoms with E-state index in [0.717, 1.165) is 19.3 Å². The molecule has 1 aromatic carbocycles. The Morgan fingerprint density at radius 3 is 2.55 bits per heavy atom. The van der Waals surface area contributed by atoms with Crippen LogP contribution in [0.2, 0.25) is 0 Å². The number of aliphatic imine (C=N–C) groups is 1. The number of hydrogen-bond acceptors (Lipinski definition) is 7. The van der Waals surface area contributed by atoms with Gasteiger partial charge in [-0.2, -0.15) is 0 Å². The lowest BCUT2D eigenvalue weighted by Crippen LogP contribution is -2.30. The van der Waals surface area contributed by atoms with Crippen molar-refractivity contribution in [3.8, 4) is 0 Å². The average Bonchev–Trinajstić information content (AvgIpc) is 2.89. The SMILES string of the molecule is CC(=O)c1c(Nc2ccc(S(=O)(=O)NC3=NCCCCC3)cc2)oc(C)cc1=O. The molecule has 0 spiro atoms. The van der Waals surface area contributed by atoms with Gasteiger partial charge in [0, 0.05) is 24.7 Å². The second kappa shape index (κ2) is 8.60. The molecule has 1 aliphatic rings. The second-order valence-corrected chi connectivity index (χ2v) is 8.56. The van der Waals surface area contributed by atoms with E-state index >= 15 is 0 Å². The Hall–Kier alpha value is -2.94. The zero-order valence-corrected chi connectivity index (χ0v) is 17.1. The van der Waals surface area contributed by atoms with Crippen molar-refractivity contribution < 1.29 is 17.6 Å². The van der Waals surface area contributed by atoms with E-state index in [1.54, 1.807) is 6.92 Å². The van der Waals surface area contributed by atoms with Gasteiger partial charge < -0.3 is 9.73 Å². The smallest absolute Gasteiger partial charge is 0.262 e. The van der Waals surface area contributed by atoms with Crippen LogP contribution in [-0.2, 0) is 10.0 Å². The molecule has 0 aliphatic carbocycles. The van der Waals surface area contributed by atoms with Gasteiger partial charge in [-0.25, -0.2) is 8.42 Å². The van der Waals surface area contributed by atoms with Crippen LogP contribution in [0.15, 0.2) is 49.4 Å². The van der Waals surface area contributed by atoms with Crippen LogP contribution in [0.25, 0.3) is 0 Å². The molecule has 9 heteroatoms. The zero-order valence-electron chi connectivity index (χ0n) is 16.3. The summed E-state index contributed by atoms with van der Waals surface area (Å²) in [5, 5.41) is 2.88. The van der Waals surface area contributed by atoms with Crippen molar-refractivity contribution in [2.24, 2.45) is 4.99 Å². The highest BCUT2D eigenvalue weighted by atomic mass is 32.2. The number of benzene rings is 1. The maximum atomic E-state index is 12.6. The van der Waals surface area contributed by atoms with Gasteiger partial charge in [-0.15, -0.1) is 0 Å². The predicted octanol–water partition coefficient (Wildman–Crippen LogP) is 3.15. The van der Waals surface area contributed by atoms with Crippen LogP contribution in [0.1, 0.15) is 48.7 Å². The van der Waals surface area contributed by atoms with Crippen LogP contribution in [-0.4, -0.2) is 26.6 Å². The van der Waals surface area contributed by atoms with Gasteiger partial charge in [0.2, 0.25) is 5.88 Å². The Kier molecular flexibility index (Phi) is 6.17. The van der Waals surface area contributed by atoms with Crippen molar-refractivity contribution in [2.75, 3.05) is 11.9 Å². The van der Waals surface area contributed by atoms with Gasteiger partial charge in [-0.1, -0.05) is 6.42 Å². The highest BCUT2D eigenvalue weighted by molar-refractivity contribution is 7.90. The number of aryl methyl sites for hydroxylation is 1. The number of sulfonamides is 1. The summed E-state index contributed by atoms with van der Waals surface area (Å²) in [6.07, 6.45) is 3.51. The number of nitrogens with zero attached hydrogens (tertiary/aromatic N) is 1. The number of ketones is 1. The van der Waals surface area contributed by atoms with E-state index < -0.39 is 21.2 Å². The fourth-order valence-electron chi connectivity index (χ4n) is 3.05. The summed E-state index contributed by atoms with van der Waals surface area (Å²) in [7, 11) is -3.74. The summed E-state index contributed by atoms with van der Waals surface area (Å²) in [4.78, 5) is 28.2. The molecule has 0 bridgehead atoms. The number of carbonyl (C=O) groups excluding carboxylic acids is 1. The number of Topliss-reactive ketones (excluding diaryl/α,β-unsaturated/α-hetero) is 1. The maximum Gasteiger partial charge on any atom is 0.262 e. The average molecular weight is 417 g/mol. The summed E-state index contributed by atoms with van der Waals surface area (Å²) in [5.41, 5.74) is -0.0383. The maximum absolute atomic E-state index is 12.6. The van der Waals surface area contributed by atoms with E-state index in [2.05, 4.69) is 15.0 Å². The summed E-state index contributed by atoms with van der Waals surface area (Å²) < 4.78 is 33.2. The van der Waals surface area contributed by atoms with E-state index in [-0.39, 0.29) is 16.3 Å². The van der Waals surface area contributed by atoms with Crippen LogP contribution in [0.4, 0.5) is 11.6 Å². The van der Waals surface area contributed by atoms with Gasteiger partial charge in [-0.05, 0) is 51.0 Å². The van der Waals surface area contributed by atoms with Crippen LogP contribution in [0, 0.1) is 6.92 Å². The van der Waals surface area contributed by atoms with Crippen molar-refractivity contribution in [1.82, 2.24) is 4.72 Å². The monoisotopic (exact) mass is 417 g/mol. The molecule has 154 valence electrons. The molecule has 0 radical (unpaired) electrons. The first-order chi connectivity index (χ1) is 13.8. The number of carbonyl (C=O) groups is 1. The standard InChI is InChI=1S/C20H23N3O5S/c1-13-12-17(25)19(14(2)24)20(28-13)22-15-7-9-16(10-8-15)29(26,27)23-18-6-4-3-5-11-21-18/h7-10,12,22H,3-6,11H2,1-2H3,(H,21,23). The van der Waals surface area contributed by atoms with E-state index in [1.165, 1.54) is 37.3 Å². The summed E-state index contributed by atoms with van der Waals surface area (Å²) in [6.45, 7) is 3.51. The van der Waals surface area contributed by atoms with E-state index in [4.69, 9.17) is 4.42 Å². The van der Waals surface area contributed by atoms with Crippen LogP contribution in [0.5, 0.6) is 0 Å². The minimum absolute atomic E-state index is 0.0315. The lowest BCUT2D eigenvalue weighted by molar-refractivity contribution is 0.101. The fraction of sp³-hybridized carbons (Fsp3) is 0.350. The Balaban J connectivity index is 1.81. The minimum atomic E-state index is -3.74. The number of anilines is 2. The molecule has 2 N–H and O–H groups in total. The Morgan fingerprint density at radius 2 is 1.86 bits per heavy atom. The molecule has 1 aliphatic heterocycles. The molecule has 1 aromatic heterocycles. The Bertz CT molecular complexity index is 1100. The van der Waals surface area contributed by atoms with Crippen molar-refractivity contribution in [2.45, 2.75) is 44.4 Å².